The molecule has 0 aliphatic rings. The Morgan fingerprint density at radius 1 is 1.53 bits per heavy atom. The van der Waals surface area contributed by atoms with E-state index in [1.165, 1.54) is 11.8 Å². The Kier molecular flexibility index (Phi) is 4.46. The Morgan fingerprint density at radius 3 is 3.11 bits per heavy atom. The summed E-state index contributed by atoms with van der Waals surface area (Å²) in [4.78, 5) is 15.5. The maximum absolute atomic E-state index is 11.3. The second kappa shape index (κ2) is 6.29. The summed E-state index contributed by atoms with van der Waals surface area (Å²) >= 11 is 1.39. The average molecular weight is 277 g/mol. The van der Waals surface area contributed by atoms with Gasteiger partial charge in [-0.1, -0.05) is 17.8 Å². The molecule has 0 saturated heterocycles. The average Bonchev–Trinajstić information content (AvgIpc) is 2.93. The molecule has 6 heteroatoms. The molecular formula is C13H15N3O2S. The summed E-state index contributed by atoms with van der Waals surface area (Å²) in [5, 5.41) is 3.36. The molecule has 1 aromatic heterocycles. The predicted molar refractivity (Wildman–Crippen MR) is 74.9 cm³/mol. The van der Waals surface area contributed by atoms with E-state index in [1.807, 2.05) is 35.0 Å². The number of imidazole rings is 1. The number of nitrogens with zero attached hydrogens (tertiary/aromatic N) is 2. The molecule has 2 aromatic rings. The molecule has 19 heavy (non-hydrogen) atoms. The minimum Gasteiger partial charge on any atom is -0.497 e. The third-order valence-electron chi connectivity index (χ3n) is 2.55. The van der Waals surface area contributed by atoms with Gasteiger partial charge in [0, 0.05) is 25.5 Å². The SMILES string of the molecule is CNC(=O)CSc1nccn1-c1cccc(OC)c1. The van der Waals surface area contributed by atoms with Crippen molar-refractivity contribution < 1.29 is 9.53 Å². The van der Waals surface area contributed by atoms with E-state index in [2.05, 4.69) is 10.3 Å². The number of hydrogen-bond acceptors (Lipinski definition) is 4. The number of methoxy groups -OCH3 is 1. The zero-order chi connectivity index (χ0) is 13.7. The molecule has 0 bridgehead atoms. The van der Waals surface area contributed by atoms with Gasteiger partial charge in [-0.05, 0) is 12.1 Å². The fourth-order valence-corrected chi connectivity index (χ4v) is 2.40. The minimum atomic E-state index is -0.0230. The van der Waals surface area contributed by atoms with Crippen LogP contribution in [0.15, 0.2) is 41.8 Å². The molecule has 0 atom stereocenters. The van der Waals surface area contributed by atoms with Crippen LogP contribution in [-0.4, -0.2) is 35.4 Å². The van der Waals surface area contributed by atoms with Crippen molar-refractivity contribution in [1.29, 1.82) is 0 Å². The Morgan fingerprint density at radius 2 is 2.37 bits per heavy atom. The van der Waals surface area contributed by atoms with Gasteiger partial charge >= 0.3 is 0 Å². The Bertz CT molecular complexity index is 569. The highest BCUT2D eigenvalue weighted by Gasteiger charge is 2.08. The number of amides is 1. The van der Waals surface area contributed by atoms with E-state index in [0.29, 0.717) is 5.75 Å². The van der Waals surface area contributed by atoms with Crippen LogP contribution in [-0.2, 0) is 4.79 Å². The lowest BCUT2D eigenvalue weighted by molar-refractivity contribution is -0.118. The summed E-state index contributed by atoms with van der Waals surface area (Å²) in [5.74, 6) is 1.11. The first-order valence-corrected chi connectivity index (χ1v) is 6.74. The van der Waals surface area contributed by atoms with Gasteiger partial charge in [-0.15, -0.1) is 0 Å². The van der Waals surface area contributed by atoms with Gasteiger partial charge in [-0.2, -0.15) is 0 Å². The Hall–Kier alpha value is -1.95. The van der Waals surface area contributed by atoms with Crippen LogP contribution < -0.4 is 10.1 Å². The molecule has 5 nitrogen and oxygen atoms in total. The van der Waals surface area contributed by atoms with Crippen LogP contribution in [0.5, 0.6) is 5.75 Å². The number of carbonyl (C=O) groups excluding carboxylic acids is 1. The van der Waals surface area contributed by atoms with E-state index in [4.69, 9.17) is 4.74 Å². The minimum absolute atomic E-state index is 0.0230. The van der Waals surface area contributed by atoms with Crippen LogP contribution in [0.2, 0.25) is 0 Å². The molecule has 100 valence electrons. The van der Waals surface area contributed by atoms with Gasteiger partial charge in [-0.25, -0.2) is 4.98 Å². The molecule has 1 heterocycles. The van der Waals surface area contributed by atoms with Crippen molar-refractivity contribution in [2.24, 2.45) is 0 Å². The normalized spacial score (nSPS) is 10.2. The van der Waals surface area contributed by atoms with E-state index < -0.39 is 0 Å². The lowest BCUT2D eigenvalue weighted by Gasteiger charge is -2.08. The summed E-state index contributed by atoms with van der Waals surface area (Å²) in [6, 6.07) is 7.69. The smallest absolute Gasteiger partial charge is 0.230 e. The van der Waals surface area contributed by atoms with Crippen molar-refractivity contribution in [2.45, 2.75) is 5.16 Å². The van der Waals surface area contributed by atoms with Gasteiger partial charge in [-0.3, -0.25) is 9.36 Å². The van der Waals surface area contributed by atoms with Crippen LogP contribution in [0.1, 0.15) is 0 Å². The van der Waals surface area contributed by atoms with E-state index in [-0.39, 0.29) is 5.91 Å². The third-order valence-corrected chi connectivity index (χ3v) is 3.52. The summed E-state index contributed by atoms with van der Waals surface area (Å²) in [6.45, 7) is 0. The molecule has 0 radical (unpaired) electrons. The predicted octanol–water partition coefficient (Wildman–Crippen LogP) is 1.72. The topological polar surface area (TPSA) is 56.2 Å². The van der Waals surface area contributed by atoms with E-state index >= 15 is 0 Å². The van der Waals surface area contributed by atoms with Crippen molar-refractivity contribution in [2.75, 3.05) is 19.9 Å². The van der Waals surface area contributed by atoms with Crippen molar-refractivity contribution in [3.63, 3.8) is 0 Å². The highest BCUT2D eigenvalue weighted by atomic mass is 32.2. The molecule has 0 unspecified atom stereocenters. The maximum Gasteiger partial charge on any atom is 0.230 e. The van der Waals surface area contributed by atoms with Crippen molar-refractivity contribution >= 4 is 17.7 Å². The molecule has 1 amide bonds. The van der Waals surface area contributed by atoms with Crippen LogP contribution in [0.4, 0.5) is 0 Å². The number of carbonyl (C=O) groups is 1. The van der Waals surface area contributed by atoms with Gasteiger partial charge in [0.15, 0.2) is 5.16 Å². The van der Waals surface area contributed by atoms with Crippen LogP contribution in [0.25, 0.3) is 5.69 Å². The van der Waals surface area contributed by atoms with Gasteiger partial charge in [0.2, 0.25) is 5.91 Å². The van der Waals surface area contributed by atoms with Crippen molar-refractivity contribution in [3.8, 4) is 11.4 Å². The van der Waals surface area contributed by atoms with E-state index in [0.717, 1.165) is 16.6 Å². The maximum atomic E-state index is 11.3. The number of aromatic nitrogens is 2. The van der Waals surface area contributed by atoms with Crippen LogP contribution >= 0.6 is 11.8 Å². The number of hydrogen-bond donors (Lipinski definition) is 1. The van der Waals surface area contributed by atoms with E-state index in [9.17, 15) is 4.79 Å². The number of rotatable bonds is 5. The summed E-state index contributed by atoms with van der Waals surface area (Å²) in [5.41, 5.74) is 0.955. The van der Waals surface area contributed by atoms with Gasteiger partial charge < -0.3 is 10.1 Å². The highest BCUT2D eigenvalue weighted by Crippen LogP contribution is 2.22. The first-order chi connectivity index (χ1) is 9.24. The first-order valence-electron chi connectivity index (χ1n) is 5.75. The Labute approximate surface area is 116 Å². The fourth-order valence-electron chi connectivity index (χ4n) is 1.56. The van der Waals surface area contributed by atoms with Crippen molar-refractivity contribution in [1.82, 2.24) is 14.9 Å². The number of benzene rings is 1. The first kappa shape index (κ1) is 13.5. The second-order valence-electron chi connectivity index (χ2n) is 3.74. The summed E-state index contributed by atoms with van der Waals surface area (Å²) in [7, 11) is 3.26. The van der Waals surface area contributed by atoms with Crippen LogP contribution in [0, 0.1) is 0 Å². The van der Waals surface area contributed by atoms with Gasteiger partial charge in [0.05, 0.1) is 18.6 Å². The zero-order valence-corrected chi connectivity index (χ0v) is 11.6. The standard InChI is InChI=1S/C13H15N3O2S/c1-14-12(17)9-19-13-15-6-7-16(13)10-4-3-5-11(8-10)18-2/h3-8H,9H2,1-2H3,(H,14,17). The van der Waals surface area contributed by atoms with E-state index in [1.54, 1.807) is 20.4 Å². The number of ether oxygens (including phenoxy) is 1. The fraction of sp³-hybridized carbons (Fsp3) is 0.231. The molecule has 1 aromatic carbocycles. The van der Waals surface area contributed by atoms with Gasteiger partial charge in [0.1, 0.15) is 5.75 Å². The largest absolute Gasteiger partial charge is 0.497 e. The molecular weight excluding hydrogens is 262 g/mol. The molecule has 0 fully saturated rings. The lowest BCUT2D eigenvalue weighted by Crippen LogP contribution is -2.20. The molecule has 0 aliphatic heterocycles. The molecule has 0 saturated carbocycles. The molecule has 0 spiro atoms. The van der Waals surface area contributed by atoms with Crippen LogP contribution in [0.3, 0.4) is 0 Å². The van der Waals surface area contributed by atoms with Gasteiger partial charge in [0.25, 0.3) is 0 Å². The number of thioether (sulfide) groups is 1. The molecule has 0 aliphatic carbocycles. The summed E-state index contributed by atoms with van der Waals surface area (Å²) in [6.07, 6.45) is 3.58. The highest BCUT2D eigenvalue weighted by molar-refractivity contribution is 7.99. The molecule has 2 rings (SSSR count). The quantitative estimate of drug-likeness (QED) is 0.846. The monoisotopic (exact) mass is 277 g/mol. The number of nitrogens with one attached hydrogen (secondary N) is 1. The second-order valence-corrected chi connectivity index (χ2v) is 4.69. The Balaban J connectivity index is 2.20. The summed E-state index contributed by atoms with van der Waals surface area (Å²) < 4.78 is 7.13. The third kappa shape index (κ3) is 3.29. The molecule has 1 N–H and O–H groups in total. The van der Waals surface area contributed by atoms with Crippen molar-refractivity contribution in [3.05, 3.63) is 36.7 Å². The zero-order valence-electron chi connectivity index (χ0n) is 10.8. The lowest BCUT2D eigenvalue weighted by atomic mass is 10.3.